The largest absolute Gasteiger partial charge is 0.416 e. The van der Waals surface area contributed by atoms with Gasteiger partial charge in [-0.1, -0.05) is 81.0 Å². The average molecular weight is 1040 g/mol. The number of aldehydes is 1. The summed E-state index contributed by atoms with van der Waals surface area (Å²) in [5, 5.41) is 17.8. The fourth-order valence-electron chi connectivity index (χ4n) is 7.72. The van der Waals surface area contributed by atoms with Crippen LogP contribution in [-0.4, -0.2) is 47.0 Å². The van der Waals surface area contributed by atoms with E-state index in [1.165, 1.54) is 6.26 Å². The van der Waals surface area contributed by atoms with Crippen molar-refractivity contribution < 1.29 is 49.8 Å². The Hall–Kier alpha value is -5.75. The molecule has 69 heavy (non-hydrogen) atoms. The molecule has 0 atom stereocenters. The van der Waals surface area contributed by atoms with Crippen molar-refractivity contribution in [1.82, 2.24) is 20.9 Å². The predicted octanol–water partition coefficient (Wildman–Crippen LogP) is 13.5. The van der Waals surface area contributed by atoms with Crippen molar-refractivity contribution in [3.63, 3.8) is 0 Å². The number of aromatic nitrogens is 2. The zero-order valence-electron chi connectivity index (χ0n) is 36.3. The average Bonchev–Trinajstić information content (AvgIpc) is 3.98. The van der Waals surface area contributed by atoms with Crippen molar-refractivity contribution in [2.24, 2.45) is 11.8 Å². The standard InChI is InChI=1S/C24H22Cl2F3N3O2.C15H15ClF3NO2.C9H7ClN2O/c25-17-6-3-15(4-7-17)20-13-34-32-22(20)30-12-14-1-8-18(9-2-14)31-23(33)19-11-16(24(27,28)29)5-10-21(19)26;16-13-6-3-10(15(17,18)19)7-12(13)14(22)20-11-4-1-9(8-21)2-5-11;10-7-3-1-6(2-4-7)8-5-13-12-9(8)11/h3-7,10-11,13-14,18H,1-2,8-9,12H2,(H,30,32)(H,31,33);3,6-9,11H,1-2,4-5H2,(H,20,22);1-5H,(H2,11,12). The molecule has 2 saturated carbocycles. The molecule has 2 amide bonds. The number of anilines is 2. The molecule has 2 aromatic heterocycles. The Bertz CT molecular complexity index is 2660. The molecule has 0 spiro atoms. The summed E-state index contributed by atoms with van der Waals surface area (Å²) >= 11 is 23.5. The minimum Gasteiger partial charge on any atom is -0.380 e. The molecule has 0 unspecified atom stereocenters. The molecule has 5 N–H and O–H groups in total. The second kappa shape index (κ2) is 23.7. The van der Waals surface area contributed by atoms with Crippen LogP contribution in [0, 0.1) is 11.8 Å². The molecule has 2 aliphatic rings. The van der Waals surface area contributed by atoms with E-state index in [1.807, 2.05) is 24.3 Å². The van der Waals surface area contributed by atoms with Gasteiger partial charge in [0.2, 0.25) is 0 Å². The van der Waals surface area contributed by atoms with E-state index in [9.17, 15) is 40.7 Å². The van der Waals surface area contributed by atoms with Gasteiger partial charge in [-0.2, -0.15) is 26.3 Å². The van der Waals surface area contributed by atoms with Crippen LogP contribution in [-0.2, 0) is 17.1 Å². The maximum absolute atomic E-state index is 13.0. The minimum atomic E-state index is -4.54. The van der Waals surface area contributed by atoms with Gasteiger partial charge in [-0.25, -0.2) is 0 Å². The molecule has 6 aromatic rings. The van der Waals surface area contributed by atoms with Gasteiger partial charge in [0.15, 0.2) is 11.6 Å². The van der Waals surface area contributed by atoms with E-state index >= 15 is 0 Å². The number of nitrogens with one attached hydrogen (secondary N) is 3. The molecule has 2 heterocycles. The predicted molar refractivity (Wildman–Crippen MR) is 252 cm³/mol. The van der Waals surface area contributed by atoms with Crippen LogP contribution in [0.15, 0.2) is 107 Å². The number of hydrogen-bond acceptors (Lipinski definition) is 9. The van der Waals surface area contributed by atoms with Gasteiger partial charge in [0.25, 0.3) is 11.8 Å². The highest BCUT2D eigenvalue weighted by molar-refractivity contribution is 6.34. The number of nitrogens with zero attached hydrogens (tertiary/aromatic N) is 2. The van der Waals surface area contributed by atoms with Gasteiger partial charge in [0.1, 0.15) is 18.8 Å². The van der Waals surface area contributed by atoms with E-state index in [-0.39, 0.29) is 39.2 Å². The highest BCUT2D eigenvalue weighted by atomic mass is 35.5. The normalized spacial score (nSPS) is 18.1. The third kappa shape index (κ3) is 14.9. The van der Waals surface area contributed by atoms with Crippen LogP contribution in [0.5, 0.6) is 0 Å². The van der Waals surface area contributed by atoms with E-state index < -0.39 is 35.3 Å². The minimum absolute atomic E-state index is 0.00490. The summed E-state index contributed by atoms with van der Waals surface area (Å²) in [5.41, 5.74) is 6.93. The Labute approximate surface area is 412 Å². The molecule has 366 valence electrons. The lowest BCUT2D eigenvalue weighted by Crippen LogP contribution is -2.38. The first kappa shape index (κ1) is 52.6. The van der Waals surface area contributed by atoms with Crippen LogP contribution >= 0.6 is 46.4 Å². The van der Waals surface area contributed by atoms with Gasteiger partial charge in [0, 0.05) is 34.6 Å². The molecule has 0 saturated heterocycles. The van der Waals surface area contributed by atoms with Gasteiger partial charge in [-0.3, -0.25) is 9.59 Å². The Morgan fingerprint density at radius 1 is 0.623 bits per heavy atom. The lowest BCUT2D eigenvalue weighted by Gasteiger charge is -2.29. The Kier molecular flexibility index (Phi) is 18.1. The molecular weight excluding hydrogens is 996 g/mol. The number of nitrogens with two attached hydrogens (primary N) is 1. The highest BCUT2D eigenvalue weighted by Crippen LogP contribution is 2.35. The van der Waals surface area contributed by atoms with E-state index in [0.29, 0.717) is 59.8 Å². The van der Waals surface area contributed by atoms with Crippen molar-refractivity contribution in [3.8, 4) is 22.3 Å². The number of rotatable bonds is 10. The SMILES string of the molecule is Nc1nocc1-c1ccc(Cl)cc1.O=C(NC1CCC(CNc2nocc2-c2ccc(Cl)cc2)CC1)c1cc(C(F)(F)F)ccc1Cl.O=CC1CCC(NC(=O)c2cc(C(F)(F)F)ccc2Cl)CC1. The van der Waals surface area contributed by atoms with E-state index in [0.717, 1.165) is 90.6 Å². The number of halogens is 10. The van der Waals surface area contributed by atoms with Gasteiger partial charge in [-0.05, 0) is 129 Å². The summed E-state index contributed by atoms with van der Waals surface area (Å²) < 4.78 is 86.9. The molecule has 21 heteroatoms. The molecule has 4 aromatic carbocycles. The van der Waals surface area contributed by atoms with Gasteiger partial charge in [-0.15, -0.1) is 0 Å². The van der Waals surface area contributed by atoms with E-state index in [4.69, 9.17) is 61.2 Å². The number of alkyl halides is 6. The molecule has 11 nitrogen and oxygen atoms in total. The van der Waals surface area contributed by atoms with E-state index in [2.05, 4.69) is 26.3 Å². The van der Waals surface area contributed by atoms with Crippen LogP contribution in [0.1, 0.15) is 83.2 Å². The second-order valence-electron chi connectivity index (χ2n) is 16.4. The quantitative estimate of drug-likeness (QED) is 0.0772. The Morgan fingerprint density at radius 2 is 1.06 bits per heavy atom. The van der Waals surface area contributed by atoms with Crippen LogP contribution in [0.2, 0.25) is 20.1 Å². The molecule has 2 fully saturated rings. The smallest absolute Gasteiger partial charge is 0.380 e. The number of hydrogen-bond donors (Lipinski definition) is 4. The van der Waals surface area contributed by atoms with Crippen molar-refractivity contribution in [2.75, 3.05) is 17.6 Å². The molecular formula is C48H44Cl4F6N6O5. The lowest BCUT2D eigenvalue weighted by molar-refractivity contribution is -0.138. The molecule has 0 radical (unpaired) electrons. The van der Waals surface area contributed by atoms with Gasteiger partial charge >= 0.3 is 12.4 Å². The summed E-state index contributed by atoms with van der Waals surface area (Å²) in [7, 11) is 0. The summed E-state index contributed by atoms with van der Waals surface area (Å²) in [4.78, 5) is 35.4. The Balaban J connectivity index is 0.000000190. The van der Waals surface area contributed by atoms with Crippen LogP contribution < -0.4 is 21.7 Å². The number of nitrogen functional groups attached to an aromatic ring is 1. The second-order valence-corrected chi connectivity index (χ2v) is 18.1. The van der Waals surface area contributed by atoms with Crippen molar-refractivity contribution in [3.05, 3.63) is 140 Å². The molecule has 0 bridgehead atoms. The zero-order chi connectivity index (χ0) is 49.9. The van der Waals surface area contributed by atoms with E-state index in [1.54, 1.807) is 30.5 Å². The number of benzene rings is 4. The van der Waals surface area contributed by atoms with Crippen LogP contribution in [0.4, 0.5) is 38.0 Å². The first-order valence-corrected chi connectivity index (χ1v) is 23.0. The summed E-state index contributed by atoms with van der Waals surface area (Å²) in [6.45, 7) is 0.688. The van der Waals surface area contributed by atoms with Crippen molar-refractivity contribution in [2.45, 2.75) is 75.8 Å². The maximum atomic E-state index is 13.0. The number of carbonyl (C=O) groups is 3. The lowest BCUT2D eigenvalue weighted by atomic mass is 9.86. The maximum Gasteiger partial charge on any atom is 0.416 e. The van der Waals surface area contributed by atoms with Crippen molar-refractivity contribution >= 4 is 76.1 Å². The van der Waals surface area contributed by atoms with Gasteiger partial charge < -0.3 is 35.5 Å². The fraction of sp³-hybridized carbons (Fsp3) is 0.312. The Morgan fingerprint density at radius 3 is 1.49 bits per heavy atom. The summed E-state index contributed by atoms with van der Waals surface area (Å²) in [6.07, 6.45) is 0.674. The van der Waals surface area contributed by atoms with Crippen molar-refractivity contribution in [1.29, 1.82) is 0 Å². The first-order chi connectivity index (χ1) is 32.8. The van der Waals surface area contributed by atoms with Crippen LogP contribution in [0.25, 0.3) is 22.3 Å². The number of amides is 2. The number of carbonyl (C=O) groups excluding carboxylic acids is 3. The first-order valence-electron chi connectivity index (χ1n) is 21.5. The fourth-order valence-corrected chi connectivity index (χ4v) is 8.38. The topological polar surface area (TPSA) is 165 Å². The third-order valence-corrected chi connectivity index (χ3v) is 12.8. The zero-order valence-corrected chi connectivity index (χ0v) is 39.3. The van der Waals surface area contributed by atoms with Crippen LogP contribution in [0.3, 0.4) is 0 Å². The monoisotopic (exact) mass is 1040 g/mol. The third-order valence-electron chi connectivity index (χ3n) is 11.6. The summed E-state index contributed by atoms with van der Waals surface area (Å²) in [6, 6.07) is 19.9. The summed E-state index contributed by atoms with van der Waals surface area (Å²) in [5.74, 6) is 0.197. The molecule has 2 aliphatic carbocycles. The van der Waals surface area contributed by atoms with Gasteiger partial charge in [0.05, 0.1) is 43.4 Å². The molecule has 0 aliphatic heterocycles. The highest BCUT2D eigenvalue weighted by Gasteiger charge is 2.34. The molecule has 8 rings (SSSR count).